The Hall–Kier alpha value is -0.450. The van der Waals surface area contributed by atoms with Gasteiger partial charge in [-0.2, -0.15) is 0 Å². The third kappa shape index (κ3) is 2.53. The summed E-state index contributed by atoms with van der Waals surface area (Å²) in [6.07, 6.45) is 0. The highest BCUT2D eigenvalue weighted by molar-refractivity contribution is 14.1. The number of benzene rings is 2. The molecule has 2 atom stereocenters. The van der Waals surface area contributed by atoms with E-state index in [0.29, 0.717) is 0 Å². The molecular formula is C16H13Cl2IO. The van der Waals surface area contributed by atoms with E-state index in [1.807, 2.05) is 24.3 Å². The number of alkyl halides is 2. The molecule has 2 aromatic rings. The summed E-state index contributed by atoms with van der Waals surface area (Å²) in [5.41, 5.74) is 2.34. The average molecular weight is 419 g/mol. The molecule has 3 rings (SSSR count). The molecule has 0 radical (unpaired) electrons. The van der Waals surface area contributed by atoms with Gasteiger partial charge in [-0.25, -0.2) is 0 Å². The second kappa shape index (κ2) is 5.39. The van der Waals surface area contributed by atoms with E-state index in [1.165, 1.54) is 9.13 Å². The van der Waals surface area contributed by atoms with Crippen LogP contribution < -0.4 is 4.74 Å². The van der Waals surface area contributed by atoms with Crippen molar-refractivity contribution in [3.63, 3.8) is 0 Å². The maximum atomic E-state index is 6.49. The van der Waals surface area contributed by atoms with Crippen molar-refractivity contribution in [1.29, 1.82) is 0 Å². The van der Waals surface area contributed by atoms with Gasteiger partial charge >= 0.3 is 0 Å². The summed E-state index contributed by atoms with van der Waals surface area (Å²) < 4.78 is 5.67. The minimum absolute atomic E-state index is 0.136. The molecule has 1 aliphatic rings. The number of rotatable bonds is 3. The van der Waals surface area contributed by atoms with Crippen LogP contribution in [-0.4, -0.2) is 11.4 Å². The molecule has 0 amide bonds. The van der Waals surface area contributed by atoms with Gasteiger partial charge in [0, 0.05) is 15.4 Å². The summed E-state index contributed by atoms with van der Waals surface area (Å²) in [7, 11) is 1.66. The van der Waals surface area contributed by atoms with Gasteiger partial charge in [0.25, 0.3) is 0 Å². The van der Waals surface area contributed by atoms with Crippen LogP contribution in [0.25, 0.3) is 0 Å². The lowest BCUT2D eigenvalue weighted by molar-refractivity contribution is 0.414. The van der Waals surface area contributed by atoms with Crippen LogP contribution in [-0.2, 0) is 0 Å². The highest BCUT2D eigenvalue weighted by atomic mass is 127. The van der Waals surface area contributed by atoms with Crippen LogP contribution in [0.2, 0.25) is 0 Å². The summed E-state index contributed by atoms with van der Waals surface area (Å²) >= 11 is 15.3. The van der Waals surface area contributed by atoms with Crippen molar-refractivity contribution in [3.8, 4) is 5.75 Å². The van der Waals surface area contributed by atoms with E-state index in [9.17, 15) is 0 Å². The highest BCUT2D eigenvalue weighted by Gasteiger charge is 2.64. The lowest BCUT2D eigenvalue weighted by Crippen LogP contribution is -1.91. The number of halogens is 3. The van der Waals surface area contributed by atoms with Crippen molar-refractivity contribution in [1.82, 2.24) is 0 Å². The Morgan fingerprint density at radius 2 is 1.35 bits per heavy atom. The first-order valence-electron chi connectivity index (χ1n) is 6.31. The predicted octanol–water partition coefficient (Wildman–Crippen LogP) is 5.35. The Kier molecular flexibility index (Phi) is 3.91. The maximum Gasteiger partial charge on any atom is 0.133 e. The Balaban J connectivity index is 1.88. The second-order valence-electron chi connectivity index (χ2n) is 4.95. The molecule has 4 heteroatoms. The molecule has 0 aromatic heterocycles. The van der Waals surface area contributed by atoms with E-state index >= 15 is 0 Å². The maximum absolute atomic E-state index is 6.49. The van der Waals surface area contributed by atoms with Crippen LogP contribution in [0, 0.1) is 3.57 Å². The van der Waals surface area contributed by atoms with Crippen molar-refractivity contribution < 1.29 is 4.74 Å². The molecule has 0 saturated heterocycles. The molecule has 2 aromatic carbocycles. The van der Waals surface area contributed by atoms with Gasteiger partial charge in [-0.15, -0.1) is 23.2 Å². The van der Waals surface area contributed by atoms with Gasteiger partial charge < -0.3 is 4.74 Å². The summed E-state index contributed by atoms with van der Waals surface area (Å²) in [6.45, 7) is 0. The largest absolute Gasteiger partial charge is 0.497 e. The van der Waals surface area contributed by atoms with Crippen molar-refractivity contribution in [2.24, 2.45) is 0 Å². The Bertz CT molecular complexity index is 607. The minimum atomic E-state index is -0.721. The first-order valence-corrected chi connectivity index (χ1v) is 8.14. The molecule has 1 nitrogen and oxygen atoms in total. The summed E-state index contributed by atoms with van der Waals surface area (Å²) in [4.78, 5) is 0. The Labute approximate surface area is 142 Å². The summed E-state index contributed by atoms with van der Waals surface area (Å²) in [6, 6.07) is 16.4. The molecule has 0 aliphatic heterocycles. The zero-order chi connectivity index (χ0) is 14.3. The van der Waals surface area contributed by atoms with Crippen molar-refractivity contribution in [2.75, 3.05) is 7.11 Å². The van der Waals surface area contributed by atoms with Gasteiger partial charge in [0.05, 0.1) is 7.11 Å². The molecule has 1 fully saturated rings. The monoisotopic (exact) mass is 418 g/mol. The van der Waals surface area contributed by atoms with Crippen LogP contribution in [0.4, 0.5) is 0 Å². The molecule has 0 spiro atoms. The number of ether oxygens (including phenoxy) is 1. The van der Waals surface area contributed by atoms with Gasteiger partial charge in [-0.05, 0) is 58.0 Å². The lowest BCUT2D eigenvalue weighted by atomic mass is 10.0. The third-order valence-electron chi connectivity index (χ3n) is 3.76. The highest BCUT2D eigenvalue weighted by Crippen LogP contribution is 2.70. The fourth-order valence-corrected chi connectivity index (χ4v) is 3.88. The zero-order valence-electron chi connectivity index (χ0n) is 10.8. The van der Waals surface area contributed by atoms with Gasteiger partial charge in [0.1, 0.15) is 10.1 Å². The molecular weight excluding hydrogens is 406 g/mol. The van der Waals surface area contributed by atoms with Crippen LogP contribution >= 0.6 is 45.8 Å². The van der Waals surface area contributed by atoms with Crippen LogP contribution in [0.15, 0.2) is 48.5 Å². The third-order valence-corrected chi connectivity index (χ3v) is 5.42. The molecule has 0 heterocycles. The normalized spacial score (nSPS) is 23.4. The predicted molar refractivity (Wildman–Crippen MR) is 92.1 cm³/mol. The molecule has 2 unspecified atom stereocenters. The topological polar surface area (TPSA) is 9.23 Å². The number of hydrogen-bond acceptors (Lipinski definition) is 1. The first kappa shape index (κ1) is 14.5. The van der Waals surface area contributed by atoms with Gasteiger partial charge in [0.2, 0.25) is 0 Å². The standard InChI is InChI=1S/C16H13Cl2IO/c1-20-13-8-4-11(5-9-13)15-14(16(15,17)18)10-2-6-12(19)7-3-10/h2-9,14-15H,1H3. The van der Waals surface area contributed by atoms with Crippen LogP contribution in [0.3, 0.4) is 0 Å². The molecule has 1 saturated carbocycles. The molecule has 0 N–H and O–H groups in total. The minimum Gasteiger partial charge on any atom is -0.497 e. The Morgan fingerprint density at radius 3 is 1.80 bits per heavy atom. The number of hydrogen-bond donors (Lipinski definition) is 0. The van der Waals surface area contributed by atoms with Crippen molar-refractivity contribution in [3.05, 3.63) is 63.2 Å². The van der Waals surface area contributed by atoms with Crippen molar-refractivity contribution >= 4 is 45.8 Å². The molecule has 20 heavy (non-hydrogen) atoms. The summed E-state index contributed by atoms with van der Waals surface area (Å²) in [5, 5.41) is 0. The molecule has 104 valence electrons. The van der Waals surface area contributed by atoms with E-state index in [0.717, 1.165) is 11.3 Å². The van der Waals surface area contributed by atoms with Crippen molar-refractivity contribution in [2.45, 2.75) is 16.2 Å². The van der Waals surface area contributed by atoms with Crippen LogP contribution in [0.5, 0.6) is 5.75 Å². The smallest absolute Gasteiger partial charge is 0.133 e. The lowest BCUT2D eigenvalue weighted by Gasteiger charge is -2.03. The molecule has 1 aliphatic carbocycles. The second-order valence-corrected chi connectivity index (χ2v) is 7.64. The fraction of sp³-hybridized carbons (Fsp3) is 0.250. The first-order chi connectivity index (χ1) is 9.54. The Morgan fingerprint density at radius 1 is 0.900 bits per heavy atom. The van der Waals surface area contributed by atoms with E-state index in [2.05, 4.69) is 46.9 Å². The van der Waals surface area contributed by atoms with Gasteiger partial charge in [-0.1, -0.05) is 24.3 Å². The van der Waals surface area contributed by atoms with E-state index in [1.54, 1.807) is 7.11 Å². The van der Waals surface area contributed by atoms with E-state index < -0.39 is 4.33 Å². The quantitative estimate of drug-likeness (QED) is 0.481. The SMILES string of the molecule is COc1ccc(C2C(c3ccc(I)cc3)C2(Cl)Cl)cc1. The fourth-order valence-electron chi connectivity index (χ4n) is 2.64. The average Bonchev–Trinajstić information content (AvgIpc) is 3.02. The van der Waals surface area contributed by atoms with E-state index in [4.69, 9.17) is 27.9 Å². The summed E-state index contributed by atoms with van der Waals surface area (Å²) in [5.74, 6) is 1.13. The number of methoxy groups -OCH3 is 1. The zero-order valence-corrected chi connectivity index (χ0v) is 14.5. The van der Waals surface area contributed by atoms with Gasteiger partial charge in [-0.3, -0.25) is 0 Å². The van der Waals surface area contributed by atoms with Crippen LogP contribution in [0.1, 0.15) is 23.0 Å². The molecule has 0 bridgehead atoms. The van der Waals surface area contributed by atoms with E-state index in [-0.39, 0.29) is 11.8 Å². The van der Waals surface area contributed by atoms with Gasteiger partial charge in [0.15, 0.2) is 0 Å².